The number of hydrogen-bond acceptors (Lipinski definition) is 7. The van der Waals surface area contributed by atoms with Gasteiger partial charge in [-0.05, 0) is 88.7 Å². The molecule has 0 spiro atoms. The minimum absolute atomic E-state index is 0.125. The van der Waals surface area contributed by atoms with Gasteiger partial charge in [0.05, 0.1) is 29.6 Å². The van der Waals surface area contributed by atoms with E-state index in [1.807, 2.05) is 16.3 Å². The van der Waals surface area contributed by atoms with Gasteiger partial charge in [-0.3, -0.25) is 9.59 Å². The van der Waals surface area contributed by atoms with Crippen LogP contribution < -0.4 is 15.0 Å². The van der Waals surface area contributed by atoms with Crippen molar-refractivity contribution in [3.05, 3.63) is 69.7 Å². The highest BCUT2D eigenvalue weighted by atomic mass is 32.1. The van der Waals surface area contributed by atoms with Gasteiger partial charge in [0.25, 0.3) is 11.8 Å². The molecule has 5 rings (SSSR count). The minimum atomic E-state index is -0.671. The molecule has 4 aromatic rings. The van der Waals surface area contributed by atoms with Crippen molar-refractivity contribution in [2.24, 2.45) is 0 Å². The van der Waals surface area contributed by atoms with Crippen molar-refractivity contribution in [1.82, 2.24) is 9.55 Å². The number of anilines is 2. The van der Waals surface area contributed by atoms with Crippen LogP contribution in [0.5, 0.6) is 5.75 Å². The zero-order valence-electron chi connectivity index (χ0n) is 23.2. The van der Waals surface area contributed by atoms with E-state index in [2.05, 4.69) is 10.3 Å². The van der Waals surface area contributed by atoms with Crippen molar-refractivity contribution in [2.45, 2.75) is 52.6 Å². The largest absolute Gasteiger partial charge is 0.496 e. The lowest BCUT2D eigenvalue weighted by molar-refractivity contribution is 0.0540. The summed E-state index contributed by atoms with van der Waals surface area (Å²) in [7, 11) is 1.47. The van der Waals surface area contributed by atoms with Crippen molar-refractivity contribution < 1.29 is 23.9 Å². The third kappa shape index (κ3) is 5.31. The van der Waals surface area contributed by atoms with E-state index in [1.54, 1.807) is 75.4 Å². The summed E-state index contributed by atoms with van der Waals surface area (Å²) in [6.07, 6.45) is 2.40. The predicted octanol–water partition coefficient (Wildman–Crippen LogP) is 6.43. The second-order valence-electron chi connectivity index (χ2n) is 10.7. The number of rotatable bonds is 4. The van der Waals surface area contributed by atoms with Gasteiger partial charge in [-0.25, -0.2) is 14.3 Å². The number of thiophene rings is 1. The monoisotopic (exact) mass is 560 g/mol. The van der Waals surface area contributed by atoms with E-state index in [0.717, 1.165) is 24.9 Å². The molecule has 10 heteroatoms. The number of hydrogen-bond donors (Lipinski definition) is 1. The van der Waals surface area contributed by atoms with Crippen LogP contribution in [0.15, 0.2) is 47.8 Å². The van der Waals surface area contributed by atoms with Gasteiger partial charge < -0.3 is 19.7 Å². The van der Waals surface area contributed by atoms with Crippen LogP contribution in [0.2, 0.25) is 0 Å². The topological polar surface area (TPSA) is 103 Å². The molecule has 9 nitrogen and oxygen atoms in total. The quantitative estimate of drug-likeness (QED) is 0.308. The third-order valence-corrected chi connectivity index (χ3v) is 7.63. The molecule has 1 aliphatic heterocycles. The summed E-state index contributed by atoms with van der Waals surface area (Å²) in [5.41, 5.74) is 2.41. The lowest BCUT2D eigenvalue weighted by Crippen LogP contribution is -2.31. The number of nitrogens with one attached hydrogen (secondary N) is 1. The van der Waals surface area contributed by atoms with Crippen molar-refractivity contribution in [1.29, 1.82) is 0 Å². The van der Waals surface area contributed by atoms with Crippen LogP contribution in [0.25, 0.3) is 11.0 Å². The fourth-order valence-electron chi connectivity index (χ4n) is 4.86. The third-order valence-electron chi connectivity index (χ3n) is 6.66. The number of benzene rings is 2. The minimum Gasteiger partial charge on any atom is -0.496 e. The molecule has 2 amide bonds. The number of aryl methyl sites for hydroxylation is 2. The Morgan fingerprint density at radius 3 is 2.62 bits per heavy atom. The van der Waals surface area contributed by atoms with Gasteiger partial charge in [0, 0.05) is 17.0 Å². The summed E-state index contributed by atoms with van der Waals surface area (Å²) in [5.74, 6) is 0.169. The lowest BCUT2D eigenvalue weighted by Gasteiger charge is -2.21. The fraction of sp³-hybridized carbons (Fsp3) is 0.333. The van der Waals surface area contributed by atoms with E-state index in [9.17, 15) is 14.4 Å². The number of fused-ring (bicyclic) bond motifs is 2. The van der Waals surface area contributed by atoms with Gasteiger partial charge in [0.1, 0.15) is 22.7 Å². The summed E-state index contributed by atoms with van der Waals surface area (Å²) in [4.78, 5) is 47.3. The van der Waals surface area contributed by atoms with Crippen molar-refractivity contribution in [3.63, 3.8) is 0 Å². The van der Waals surface area contributed by atoms with Crippen LogP contribution in [-0.4, -0.2) is 46.7 Å². The Balaban J connectivity index is 1.41. The van der Waals surface area contributed by atoms with Crippen LogP contribution in [-0.2, 0) is 11.2 Å². The Kier molecular flexibility index (Phi) is 7.37. The average molecular weight is 561 g/mol. The molecule has 0 bridgehead atoms. The van der Waals surface area contributed by atoms with Crippen molar-refractivity contribution in [3.8, 4) is 5.75 Å². The standard InChI is InChI=1S/C30H32N4O5S/c1-18-31-26-21(9-8-10-23(26)34(18)29(37)39-30(2,3)4)32-27(35)20-13-12-19(17-24(20)38-5)28(36)33-15-7-6-11-25-22(33)14-16-40-25/h8-10,12-14,16-17H,6-7,11,15H2,1-5H3,(H,32,35). The highest BCUT2D eigenvalue weighted by molar-refractivity contribution is 7.10. The SMILES string of the molecule is COc1cc(C(=O)N2CCCCc3sccc32)ccc1C(=O)Nc1cccc2c1nc(C)n2C(=O)OC(C)(C)C. The summed E-state index contributed by atoms with van der Waals surface area (Å²) >= 11 is 1.67. The lowest BCUT2D eigenvalue weighted by atomic mass is 10.1. The number of aromatic nitrogens is 2. The Labute approximate surface area is 236 Å². The second kappa shape index (κ2) is 10.8. The molecule has 2 aromatic heterocycles. The van der Waals surface area contributed by atoms with Crippen LogP contribution in [0, 0.1) is 6.92 Å². The maximum absolute atomic E-state index is 13.5. The first-order valence-electron chi connectivity index (χ1n) is 13.2. The highest BCUT2D eigenvalue weighted by Gasteiger charge is 2.26. The fourth-order valence-corrected chi connectivity index (χ4v) is 5.78. The molecule has 40 heavy (non-hydrogen) atoms. The Morgan fingerprint density at radius 1 is 1.07 bits per heavy atom. The van der Waals surface area contributed by atoms with Gasteiger partial charge in [0.2, 0.25) is 0 Å². The smallest absolute Gasteiger partial charge is 0.420 e. The van der Waals surface area contributed by atoms with Crippen molar-refractivity contribution in [2.75, 3.05) is 23.9 Å². The van der Waals surface area contributed by atoms with E-state index in [4.69, 9.17) is 9.47 Å². The van der Waals surface area contributed by atoms with E-state index < -0.39 is 17.6 Å². The predicted molar refractivity (Wildman–Crippen MR) is 156 cm³/mol. The molecule has 0 unspecified atom stereocenters. The van der Waals surface area contributed by atoms with Gasteiger partial charge in [0.15, 0.2) is 0 Å². The van der Waals surface area contributed by atoms with Gasteiger partial charge >= 0.3 is 6.09 Å². The van der Waals surface area contributed by atoms with E-state index in [0.29, 0.717) is 34.7 Å². The zero-order valence-corrected chi connectivity index (χ0v) is 24.1. The van der Waals surface area contributed by atoms with Gasteiger partial charge in [-0.2, -0.15) is 0 Å². The maximum atomic E-state index is 13.5. The number of amides is 2. The maximum Gasteiger partial charge on any atom is 0.420 e. The van der Waals surface area contributed by atoms with Gasteiger partial charge in [-0.1, -0.05) is 6.07 Å². The van der Waals surface area contributed by atoms with Crippen LogP contribution in [0.4, 0.5) is 16.2 Å². The molecule has 0 aliphatic carbocycles. The zero-order chi connectivity index (χ0) is 28.6. The van der Waals surface area contributed by atoms with E-state index in [1.165, 1.54) is 16.6 Å². The summed E-state index contributed by atoms with van der Waals surface area (Å²) < 4.78 is 12.5. The van der Waals surface area contributed by atoms with Crippen molar-refractivity contribution >= 4 is 51.7 Å². The Hall–Kier alpha value is -4.18. The number of carbonyl (C=O) groups excluding carboxylic acids is 3. The first kappa shape index (κ1) is 27.4. The molecule has 2 aromatic carbocycles. The number of para-hydroxylation sites is 1. The Bertz CT molecular complexity index is 1610. The normalized spacial score (nSPS) is 13.5. The molecule has 208 valence electrons. The molecular weight excluding hydrogens is 528 g/mol. The molecule has 0 atom stereocenters. The van der Waals surface area contributed by atoms with Crippen LogP contribution in [0.1, 0.15) is 65.0 Å². The number of carbonyl (C=O) groups is 3. The highest BCUT2D eigenvalue weighted by Crippen LogP contribution is 2.33. The molecule has 0 saturated heterocycles. The molecule has 0 saturated carbocycles. The summed E-state index contributed by atoms with van der Waals surface area (Å²) in [5, 5.41) is 4.91. The molecule has 0 fully saturated rings. The number of ether oxygens (including phenoxy) is 2. The van der Waals surface area contributed by atoms with E-state index in [-0.39, 0.29) is 17.2 Å². The molecule has 1 aliphatic rings. The Morgan fingerprint density at radius 2 is 1.88 bits per heavy atom. The summed E-state index contributed by atoms with van der Waals surface area (Å²) in [6.45, 7) is 7.74. The van der Waals surface area contributed by atoms with Crippen LogP contribution in [0.3, 0.4) is 0 Å². The first-order chi connectivity index (χ1) is 19.1. The molecule has 3 heterocycles. The first-order valence-corrected chi connectivity index (χ1v) is 14.0. The molecule has 1 N–H and O–H groups in total. The number of nitrogens with zero attached hydrogens (tertiary/aromatic N) is 3. The summed E-state index contributed by atoms with van der Waals surface area (Å²) in [6, 6.07) is 12.0. The molecular formula is C30H32N4O5S. The average Bonchev–Trinajstić information content (AvgIpc) is 3.45. The number of methoxy groups -OCH3 is 1. The molecule has 0 radical (unpaired) electrons. The number of imidazole rings is 1. The second-order valence-corrected chi connectivity index (χ2v) is 11.7. The van der Waals surface area contributed by atoms with Crippen LogP contribution >= 0.6 is 11.3 Å². The van der Waals surface area contributed by atoms with Gasteiger partial charge in [-0.15, -0.1) is 11.3 Å². The van der Waals surface area contributed by atoms with E-state index >= 15 is 0 Å².